The van der Waals surface area contributed by atoms with Gasteiger partial charge in [-0.25, -0.2) is 4.39 Å². The van der Waals surface area contributed by atoms with Gasteiger partial charge in [0.15, 0.2) is 0 Å². The Morgan fingerprint density at radius 2 is 1.83 bits per heavy atom. The second-order valence-corrected chi connectivity index (χ2v) is 10.2. The van der Waals surface area contributed by atoms with Crippen LogP contribution in [0.5, 0.6) is 0 Å². The Labute approximate surface area is 212 Å². The number of amides is 2. The standard InChI is InChI=1S/C25H26FN7O2S/c1-25(2,3)28-24(35)22(17-10-12-27-13-11-17)32(15-20-5-4-14-36-20)21(34)16-33-30-23(29-31-33)18-6-8-19(26)9-7-18/h4-14,22H,15-16H2,1-3H3,(H,28,35)/t22-/m0/s1. The lowest BCUT2D eigenvalue weighted by Crippen LogP contribution is -2.49. The highest BCUT2D eigenvalue weighted by Crippen LogP contribution is 2.26. The predicted molar refractivity (Wildman–Crippen MR) is 133 cm³/mol. The minimum absolute atomic E-state index is 0.223. The van der Waals surface area contributed by atoms with Crippen molar-refractivity contribution in [2.75, 3.05) is 0 Å². The van der Waals surface area contributed by atoms with Gasteiger partial charge in [0.25, 0.3) is 0 Å². The molecule has 4 aromatic rings. The molecule has 3 aromatic heterocycles. The van der Waals surface area contributed by atoms with Gasteiger partial charge in [0.2, 0.25) is 17.6 Å². The van der Waals surface area contributed by atoms with Gasteiger partial charge in [0.05, 0.1) is 6.54 Å². The first-order valence-electron chi connectivity index (χ1n) is 11.3. The van der Waals surface area contributed by atoms with Crippen LogP contribution in [0.4, 0.5) is 4.39 Å². The highest BCUT2D eigenvalue weighted by molar-refractivity contribution is 7.09. The molecule has 1 atom stereocenters. The third kappa shape index (κ3) is 6.36. The largest absolute Gasteiger partial charge is 0.349 e. The molecular formula is C25H26FN7O2S. The van der Waals surface area contributed by atoms with Gasteiger partial charge in [-0.1, -0.05) is 6.07 Å². The first-order valence-corrected chi connectivity index (χ1v) is 12.1. The van der Waals surface area contributed by atoms with Crippen LogP contribution in [0.1, 0.15) is 37.3 Å². The van der Waals surface area contributed by atoms with Crippen molar-refractivity contribution in [1.29, 1.82) is 0 Å². The topological polar surface area (TPSA) is 106 Å². The van der Waals surface area contributed by atoms with Crippen molar-refractivity contribution in [3.05, 3.63) is 82.6 Å². The lowest BCUT2D eigenvalue weighted by atomic mass is 10.0. The van der Waals surface area contributed by atoms with Gasteiger partial charge in [-0.2, -0.15) is 4.80 Å². The molecule has 2 amide bonds. The number of nitrogens with one attached hydrogen (secondary N) is 1. The second kappa shape index (κ2) is 10.7. The summed E-state index contributed by atoms with van der Waals surface area (Å²) in [5.41, 5.74) is 0.706. The van der Waals surface area contributed by atoms with Gasteiger partial charge < -0.3 is 10.2 Å². The van der Waals surface area contributed by atoms with Crippen molar-refractivity contribution in [2.24, 2.45) is 0 Å². The van der Waals surface area contributed by atoms with E-state index in [-0.39, 0.29) is 36.5 Å². The minimum Gasteiger partial charge on any atom is -0.349 e. The third-order valence-corrected chi connectivity index (χ3v) is 6.00. The normalized spacial score (nSPS) is 12.2. The quantitative estimate of drug-likeness (QED) is 0.391. The van der Waals surface area contributed by atoms with Crippen LogP contribution in [-0.2, 0) is 22.7 Å². The number of tetrazole rings is 1. The molecule has 0 spiro atoms. The van der Waals surface area contributed by atoms with Gasteiger partial charge in [0.1, 0.15) is 18.4 Å². The van der Waals surface area contributed by atoms with Gasteiger partial charge in [0, 0.05) is 28.4 Å². The molecule has 186 valence electrons. The summed E-state index contributed by atoms with van der Waals surface area (Å²) in [6, 6.07) is 12.0. The molecule has 3 heterocycles. The van der Waals surface area contributed by atoms with Gasteiger partial charge >= 0.3 is 0 Å². The maximum absolute atomic E-state index is 13.7. The number of pyridine rings is 1. The van der Waals surface area contributed by atoms with E-state index in [1.807, 2.05) is 38.3 Å². The molecule has 0 aliphatic carbocycles. The van der Waals surface area contributed by atoms with Crippen LogP contribution in [-0.4, -0.2) is 47.4 Å². The predicted octanol–water partition coefficient (Wildman–Crippen LogP) is 3.62. The number of thiophene rings is 1. The smallest absolute Gasteiger partial charge is 0.247 e. The monoisotopic (exact) mass is 507 g/mol. The molecule has 0 saturated heterocycles. The van der Waals surface area contributed by atoms with E-state index in [9.17, 15) is 14.0 Å². The number of carbonyl (C=O) groups is 2. The fourth-order valence-electron chi connectivity index (χ4n) is 3.59. The SMILES string of the molecule is CC(C)(C)NC(=O)[C@H](c1ccncc1)N(Cc1cccs1)C(=O)Cn1nnc(-c2ccc(F)cc2)n1. The molecule has 0 saturated carbocycles. The Balaban J connectivity index is 1.65. The number of rotatable bonds is 8. The van der Waals surface area contributed by atoms with Crippen molar-refractivity contribution in [3.8, 4) is 11.4 Å². The van der Waals surface area contributed by atoms with Gasteiger partial charge in [-0.05, 0) is 79.4 Å². The summed E-state index contributed by atoms with van der Waals surface area (Å²) in [4.78, 5) is 34.8. The lowest BCUT2D eigenvalue weighted by molar-refractivity contribution is -0.143. The number of hydrogen-bond acceptors (Lipinski definition) is 7. The third-order valence-electron chi connectivity index (χ3n) is 5.14. The zero-order valence-electron chi connectivity index (χ0n) is 20.1. The molecule has 0 radical (unpaired) electrons. The molecule has 4 rings (SSSR count). The van der Waals surface area contributed by atoms with Crippen LogP contribution in [0.15, 0.2) is 66.3 Å². The fourth-order valence-corrected chi connectivity index (χ4v) is 4.29. The summed E-state index contributed by atoms with van der Waals surface area (Å²) in [5.74, 6) is -0.778. The van der Waals surface area contributed by atoms with E-state index < -0.39 is 11.6 Å². The fraction of sp³-hybridized carbons (Fsp3) is 0.280. The summed E-state index contributed by atoms with van der Waals surface area (Å²) >= 11 is 1.50. The van der Waals surface area contributed by atoms with Crippen molar-refractivity contribution in [1.82, 2.24) is 35.4 Å². The van der Waals surface area contributed by atoms with Crippen molar-refractivity contribution >= 4 is 23.2 Å². The van der Waals surface area contributed by atoms with Crippen LogP contribution >= 0.6 is 11.3 Å². The first kappa shape index (κ1) is 25.1. The van der Waals surface area contributed by atoms with Crippen LogP contribution in [0.3, 0.4) is 0 Å². The number of nitrogens with zero attached hydrogens (tertiary/aromatic N) is 6. The van der Waals surface area contributed by atoms with E-state index in [1.165, 1.54) is 45.3 Å². The molecule has 0 unspecified atom stereocenters. The minimum atomic E-state index is -0.901. The van der Waals surface area contributed by atoms with Crippen molar-refractivity contribution in [2.45, 2.75) is 45.4 Å². The van der Waals surface area contributed by atoms with Gasteiger partial charge in [-0.15, -0.1) is 21.5 Å². The Hall–Kier alpha value is -3.99. The summed E-state index contributed by atoms with van der Waals surface area (Å²) in [7, 11) is 0. The number of halogens is 1. The highest BCUT2D eigenvalue weighted by atomic mass is 32.1. The lowest BCUT2D eigenvalue weighted by Gasteiger charge is -2.33. The zero-order valence-corrected chi connectivity index (χ0v) is 20.9. The first-order chi connectivity index (χ1) is 17.2. The van der Waals surface area contributed by atoms with E-state index in [1.54, 1.807) is 24.5 Å². The Bertz CT molecular complexity index is 1300. The van der Waals surface area contributed by atoms with Crippen LogP contribution in [0.25, 0.3) is 11.4 Å². The maximum Gasteiger partial charge on any atom is 0.247 e. The molecule has 1 aromatic carbocycles. The van der Waals surface area contributed by atoms with Crippen LogP contribution in [0.2, 0.25) is 0 Å². The number of hydrogen-bond donors (Lipinski definition) is 1. The number of aromatic nitrogens is 5. The Morgan fingerprint density at radius 3 is 2.47 bits per heavy atom. The Morgan fingerprint density at radius 1 is 1.11 bits per heavy atom. The average molecular weight is 508 g/mol. The highest BCUT2D eigenvalue weighted by Gasteiger charge is 2.34. The average Bonchev–Trinajstić information content (AvgIpc) is 3.51. The molecular weight excluding hydrogens is 481 g/mol. The number of benzene rings is 1. The van der Waals surface area contributed by atoms with E-state index in [0.29, 0.717) is 11.1 Å². The summed E-state index contributed by atoms with van der Waals surface area (Å²) in [5, 5.41) is 17.2. The zero-order chi connectivity index (χ0) is 25.7. The second-order valence-electron chi connectivity index (χ2n) is 9.17. The molecule has 9 nitrogen and oxygen atoms in total. The summed E-state index contributed by atoms with van der Waals surface area (Å²) in [6.45, 7) is 5.65. The van der Waals surface area contributed by atoms with E-state index in [4.69, 9.17) is 0 Å². The summed E-state index contributed by atoms with van der Waals surface area (Å²) in [6.07, 6.45) is 3.18. The van der Waals surface area contributed by atoms with Crippen LogP contribution in [0, 0.1) is 5.82 Å². The van der Waals surface area contributed by atoms with E-state index >= 15 is 0 Å². The van der Waals surface area contributed by atoms with Gasteiger partial charge in [-0.3, -0.25) is 14.6 Å². The van der Waals surface area contributed by atoms with E-state index in [0.717, 1.165) is 4.88 Å². The molecule has 0 aliphatic rings. The van der Waals surface area contributed by atoms with Crippen molar-refractivity contribution in [3.63, 3.8) is 0 Å². The maximum atomic E-state index is 13.7. The molecule has 11 heteroatoms. The summed E-state index contributed by atoms with van der Waals surface area (Å²) < 4.78 is 13.3. The molecule has 0 aliphatic heterocycles. The van der Waals surface area contributed by atoms with Crippen LogP contribution < -0.4 is 5.32 Å². The molecule has 0 bridgehead atoms. The molecule has 1 N–H and O–H groups in total. The van der Waals surface area contributed by atoms with Crippen molar-refractivity contribution < 1.29 is 14.0 Å². The molecule has 36 heavy (non-hydrogen) atoms. The van der Waals surface area contributed by atoms with E-state index in [2.05, 4.69) is 25.7 Å². The Kier molecular flexibility index (Phi) is 7.49. The molecule has 0 fully saturated rings. The number of carbonyl (C=O) groups excluding carboxylic acids is 2.